The van der Waals surface area contributed by atoms with E-state index in [0.717, 1.165) is 28.2 Å². The van der Waals surface area contributed by atoms with Gasteiger partial charge in [0.1, 0.15) is 23.7 Å². The van der Waals surface area contributed by atoms with Crippen LogP contribution in [0.2, 0.25) is 0 Å². The van der Waals surface area contributed by atoms with Gasteiger partial charge in [-0.15, -0.1) is 0 Å². The summed E-state index contributed by atoms with van der Waals surface area (Å²) >= 11 is 0. The number of methoxy groups -OCH3 is 2. The number of hydrogen-bond acceptors (Lipinski definition) is 6. The van der Waals surface area contributed by atoms with E-state index in [1.165, 1.54) is 0 Å². The number of amides is 4. The molecule has 2 atom stereocenters. The number of rotatable bonds is 8. The van der Waals surface area contributed by atoms with Crippen LogP contribution in [0.3, 0.4) is 0 Å². The van der Waals surface area contributed by atoms with Crippen molar-refractivity contribution in [1.82, 2.24) is 25.1 Å². The van der Waals surface area contributed by atoms with Crippen LogP contribution in [0.15, 0.2) is 78.9 Å². The van der Waals surface area contributed by atoms with Gasteiger partial charge in [-0.2, -0.15) is 0 Å². The fraction of sp³-hybridized carbons (Fsp3) is 0.323. The van der Waals surface area contributed by atoms with Crippen LogP contribution in [0.4, 0.5) is 4.79 Å². The van der Waals surface area contributed by atoms with Gasteiger partial charge in [0, 0.05) is 26.6 Å². The van der Waals surface area contributed by atoms with E-state index in [2.05, 4.69) is 5.32 Å². The normalized spacial score (nSPS) is 19.1. The van der Waals surface area contributed by atoms with Crippen LogP contribution in [0.5, 0.6) is 11.5 Å². The molecule has 1 N–H and O–H groups in total. The Morgan fingerprint density at radius 3 is 2.07 bits per heavy atom. The Morgan fingerprint density at radius 1 is 0.854 bits per heavy atom. The standard InChI is InChI=1S/C31H35N5O5/c1-33-21-29(37)35-27(17-22-7-5-4-6-8-22)30(38)34(19-24-11-15-26(41-3)16-12-24)20-28(35)36(33)31(39)32-18-23-9-13-25(40-2)14-10-23/h4-16,27-28H,17-21H2,1-3H3,(H,32,39). The summed E-state index contributed by atoms with van der Waals surface area (Å²) in [6.45, 7) is 0.819. The van der Waals surface area contributed by atoms with E-state index >= 15 is 0 Å². The van der Waals surface area contributed by atoms with Crippen LogP contribution in [-0.2, 0) is 29.1 Å². The summed E-state index contributed by atoms with van der Waals surface area (Å²) in [6.07, 6.45) is -0.312. The summed E-state index contributed by atoms with van der Waals surface area (Å²) in [7, 11) is 4.93. The molecule has 2 fully saturated rings. The maximum Gasteiger partial charge on any atom is 0.334 e. The number of piperazine rings is 1. The molecule has 2 aliphatic heterocycles. The molecule has 2 unspecified atom stereocenters. The van der Waals surface area contributed by atoms with E-state index in [0.29, 0.717) is 19.5 Å². The number of nitrogens with zero attached hydrogens (tertiary/aromatic N) is 4. The van der Waals surface area contributed by atoms with Crippen molar-refractivity contribution in [3.63, 3.8) is 0 Å². The summed E-state index contributed by atoms with van der Waals surface area (Å²) in [5, 5.41) is 6.19. The van der Waals surface area contributed by atoms with Crippen LogP contribution < -0.4 is 14.8 Å². The molecule has 2 heterocycles. The van der Waals surface area contributed by atoms with E-state index in [-0.39, 0.29) is 30.9 Å². The zero-order valence-corrected chi connectivity index (χ0v) is 23.5. The van der Waals surface area contributed by atoms with Crippen molar-refractivity contribution in [3.8, 4) is 11.5 Å². The second-order valence-corrected chi connectivity index (χ2v) is 10.2. The molecular weight excluding hydrogens is 522 g/mol. The molecule has 0 saturated carbocycles. The lowest BCUT2D eigenvalue weighted by atomic mass is 9.98. The van der Waals surface area contributed by atoms with Crippen LogP contribution >= 0.6 is 0 Å². The van der Waals surface area contributed by atoms with Gasteiger partial charge in [-0.25, -0.2) is 14.8 Å². The Hall–Kier alpha value is -4.57. The van der Waals surface area contributed by atoms with Crippen molar-refractivity contribution >= 4 is 17.8 Å². The number of carbonyl (C=O) groups excluding carboxylic acids is 3. The molecule has 214 valence electrons. The number of urea groups is 1. The highest BCUT2D eigenvalue weighted by atomic mass is 16.5. The summed E-state index contributed by atoms with van der Waals surface area (Å²) in [5.41, 5.74) is 2.78. The van der Waals surface area contributed by atoms with Gasteiger partial charge in [0.25, 0.3) is 0 Å². The fourth-order valence-corrected chi connectivity index (χ4v) is 5.44. The van der Waals surface area contributed by atoms with Crippen LogP contribution in [-0.4, -0.2) is 84.2 Å². The van der Waals surface area contributed by atoms with Gasteiger partial charge in [-0.05, 0) is 41.0 Å². The third-order valence-electron chi connectivity index (χ3n) is 7.55. The molecule has 3 aromatic carbocycles. The van der Waals surface area contributed by atoms with E-state index in [1.54, 1.807) is 41.1 Å². The fourth-order valence-electron chi connectivity index (χ4n) is 5.44. The largest absolute Gasteiger partial charge is 0.497 e. The Bertz CT molecular complexity index is 1370. The first-order valence-corrected chi connectivity index (χ1v) is 13.6. The van der Waals surface area contributed by atoms with Crippen molar-refractivity contribution in [1.29, 1.82) is 0 Å². The monoisotopic (exact) mass is 557 g/mol. The Balaban J connectivity index is 1.42. The number of fused-ring (bicyclic) bond motifs is 1. The second-order valence-electron chi connectivity index (χ2n) is 10.2. The number of ether oxygens (including phenoxy) is 2. The Labute approximate surface area is 240 Å². The molecule has 0 aromatic heterocycles. The van der Waals surface area contributed by atoms with Crippen molar-refractivity contribution in [3.05, 3.63) is 95.6 Å². The summed E-state index contributed by atoms with van der Waals surface area (Å²) in [5.74, 6) is 1.14. The lowest BCUT2D eigenvalue weighted by molar-refractivity contribution is -0.187. The van der Waals surface area contributed by atoms with Crippen molar-refractivity contribution in [2.75, 3.05) is 34.4 Å². The number of nitrogens with one attached hydrogen (secondary N) is 1. The number of hydrogen-bond donors (Lipinski definition) is 1. The number of likely N-dealkylation sites (N-methyl/N-ethyl adjacent to an activating group) is 1. The average molecular weight is 558 g/mol. The Kier molecular flexibility index (Phi) is 8.39. The quantitative estimate of drug-likeness (QED) is 0.458. The maximum absolute atomic E-state index is 13.9. The highest BCUT2D eigenvalue weighted by Crippen LogP contribution is 2.29. The van der Waals surface area contributed by atoms with E-state index < -0.39 is 12.2 Å². The Morgan fingerprint density at radius 2 is 1.46 bits per heavy atom. The number of hydrazine groups is 1. The van der Waals surface area contributed by atoms with Crippen LogP contribution in [0.25, 0.3) is 0 Å². The highest BCUT2D eigenvalue weighted by molar-refractivity contribution is 5.91. The third kappa shape index (κ3) is 6.12. The molecule has 5 rings (SSSR count). The second kappa shape index (κ2) is 12.3. The average Bonchev–Trinajstić information content (AvgIpc) is 2.99. The lowest BCUT2D eigenvalue weighted by Gasteiger charge is -2.54. The smallest absolute Gasteiger partial charge is 0.334 e. The van der Waals surface area contributed by atoms with Crippen molar-refractivity contribution in [2.24, 2.45) is 0 Å². The number of benzene rings is 3. The van der Waals surface area contributed by atoms with Gasteiger partial charge in [0.15, 0.2) is 0 Å². The van der Waals surface area contributed by atoms with Gasteiger partial charge >= 0.3 is 6.03 Å². The first-order chi connectivity index (χ1) is 19.9. The van der Waals surface area contributed by atoms with Gasteiger partial charge in [-0.3, -0.25) is 9.59 Å². The summed E-state index contributed by atoms with van der Waals surface area (Å²) in [4.78, 5) is 44.4. The minimum Gasteiger partial charge on any atom is -0.497 e. The van der Waals surface area contributed by atoms with Gasteiger partial charge in [0.05, 0.1) is 27.3 Å². The number of carbonyl (C=O) groups is 3. The van der Waals surface area contributed by atoms with Gasteiger partial charge in [-0.1, -0.05) is 54.6 Å². The molecule has 0 radical (unpaired) electrons. The van der Waals surface area contributed by atoms with Crippen LogP contribution in [0, 0.1) is 0 Å². The molecule has 10 heteroatoms. The van der Waals surface area contributed by atoms with Crippen molar-refractivity contribution < 1.29 is 23.9 Å². The molecular formula is C31H35N5O5. The lowest BCUT2D eigenvalue weighted by Crippen LogP contribution is -2.76. The molecule has 0 aliphatic carbocycles. The molecule has 4 amide bonds. The topological polar surface area (TPSA) is 94.7 Å². The maximum atomic E-state index is 13.9. The first-order valence-electron chi connectivity index (χ1n) is 13.6. The van der Waals surface area contributed by atoms with Crippen LogP contribution in [0.1, 0.15) is 16.7 Å². The van der Waals surface area contributed by atoms with E-state index in [1.807, 2.05) is 78.9 Å². The molecule has 10 nitrogen and oxygen atoms in total. The minimum atomic E-state index is -0.743. The van der Waals surface area contributed by atoms with Gasteiger partial charge < -0.3 is 24.6 Å². The minimum absolute atomic E-state index is 0.0104. The summed E-state index contributed by atoms with van der Waals surface area (Å²) in [6, 6.07) is 23.6. The SMILES string of the molecule is COc1ccc(CNC(=O)N2C3CN(Cc4ccc(OC)cc4)C(=O)C(Cc4ccccc4)N3C(=O)CN2C)cc1. The molecule has 41 heavy (non-hydrogen) atoms. The molecule has 3 aromatic rings. The zero-order valence-electron chi connectivity index (χ0n) is 23.5. The van der Waals surface area contributed by atoms with Crippen molar-refractivity contribution in [2.45, 2.75) is 31.7 Å². The summed E-state index contributed by atoms with van der Waals surface area (Å²) < 4.78 is 10.5. The predicted octanol–water partition coefficient (Wildman–Crippen LogP) is 2.88. The third-order valence-corrected chi connectivity index (χ3v) is 7.55. The highest BCUT2D eigenvalue weighted by Gasteiger charge is 2.50. The van der Waals surface area contributed by atoms with E-state index in [4.69, 9.17) is 9.47 Å². The molecule has 2 aliphatic rings. The molecule has 0 spiro atoms. The van der Waals surface area contributed by atoms with Gasteiger partial charge in [0.2, 0.25) is 11.8 Å². The predicted molar refractivity (Wildman–Crippen MR) is 153 cm³/mol. The first kappa shape index (κ1) is 28.0. The zero-order chi connectivity index (χ0) is 28.9. The van der Waals surface area contributed by atoms with E-state index in [9.17, 15) is 14.4 Å². The molecule has 0 bridgehead atoms. The molecule has 2 saturated heterocycles.